The van der Waals surface area contributed by atoms with Crippen LogP contribution in [-0.2, 0) is 6.42 Å². The third-order valence-corrected chi connectivity index (χ3v) is 2.70. The predicted octanol–water partition coefficient (Wildman–Crippen LogP) is 3.12. The van der Waals surface area contributed by atoms with Crippen LogP contribution in [0, 0.1) is 10.1 Å². The van der Waals surface area contributed by atoms with Gasteiger partial charge in [0.15, 0.2) is 5.22 Å². The van der Waals surface area contributed by atoms with Gasteiger partial charge in [0, 0.05) is 18.6 Å². The van der Waals surface area contributed by atoms with E-state index in [4.69, 9.17) is 16.0 Å². The molecule has 0 saturated heterocycles. The van der Waals surface area contributed by atoms with Crippen molar-refractivity contribution >= 4 is 17.3 Å². The standard InChI is InChI=1S/C12H10ClNO4/c13-12-6-5-11(18-12)10(15)7-8-1-3-9(4-2-8)14(16)17/h1-6,10,15H,7H2. The van der Waals surface area contributed by atoms with Crippen LogP contribution in [0.15, 0.2) is 40.8 Å². The number of hydrogen-bond acceptors (Lipinski definition) is 4. The number of benzene rings is 1. The van der Waals surface area contributed by atoms with E-state index in [0.29, 0.717) is 12.2 Å². The average molecular weight is 268 g/mol. The highest BCUT2D eigenvalue weighted by atomic mass is 35.5. The molecule has 1 N–H and O–H groups in total. The zero-order valence-electron chi connectivity index (χ0n) is 9.25. The fourth-order valence-electron chi connectivity index (χ4n) is 1.58. The van der Waals surface area contributed by atoms with Crippen LogP contribution in [0.4, 0.5) is 5.69 Å². The number of aliphatic hydroxyl groups excluding tert-OH is 1. The van der Waals surface area contributed by atoms with Crippen LogP contribution in [0.2, 0.25) is 5.22 Å². The molecule has 1 aromatic carbocycles. The second-order valence-electron chi connectivity index (χ2n) is 3.79. The van der Waals surface area contributed by atoms with Crippen molar-refractivity contribution in [2.75, 3.05) is 0 Å². The van der Waals surface area contributed by atoms with Crippen molar-refractivity contribution in [3.8, 4) is 0 Å². The Morgan fingerprint density at radius 3 is 2.44 bits per heavy atom. The molecule has 1 atom stereocenters. The second-order valence-corrected chi connectivity index (χ2v) is 4.16. The van der Waals surface area contributed by atoms with Crippen LogP contribution < -0.4 is 0 Å². The van der Waals surface area contributed by atoms with Gasteiger partial charge in [-0.15, -0.1) is 0 Å². The highest BCUT2D eigenvalue weighted by molar-refractivity contribution is 6.28. The van der Waals surface area contributed by atoms with Gasteiger partial charge in [-0.3, -0.25) is 10.1 Å². The Hall–Kier alpha value is -1.85. The molecule has 0 spiro atoms. The highest BCUT2D eigenvalue weighted by Gasteiger charge is 2.13. The van der Waals surface area contributed by atoms with Gasteiger partial charge in [-0.1, -0.05) is 12.1 Å². The van der Waals surface area contributed by atoms with E-state index in [9.17, 15) is 15.2 Å². The van der Waals surface area contributed by atoms with Crippen LogP contribution in [0.5, 0.6) is 0 Å². The van der Waals surface area contributed by atoms with Crippen molar-refractivity contribution in [2.45, 2.75) is 12.5 Å². The number of nitro benzene ring substituents is 1. The summed E-state index contributed by atoms with van der Waals surface area (Å²) in [5.74, 6) is 0.373. The summed E-state index contributed by atoms with van der Waals surface area (Å²) in [4.78, 5) is 10.0. The quantitative estimate of drug-likeness (QED) is 0.682. The van der Waals surface area contributed by atoms with Gasteiger partial charge in [0.2, 0.25) is 0 Å². The summed E-state index contributed by atoms with van der Waals surface area (Å²) in [5, 5.41) is 20.6. The molecule has 2 rings (SSSR count). The van der Waals surface area contributed by atoms with Crippen LogP contribution in [0.3, 0.4) is 0 Å². The van der Waals surface area contributed by atoms with Gasteiger partial charge in [0.05, 0.1) is 4.92 Å². The van der Waals surface area contributed by atoms with Crippen LogP contribution >= 0.6 is 11.6 Å². The molecule has 0 aliphatic rings. The molecule has 0 fully saturated rings. The zero-order chi connectivity index (χ0) is 13.1. The van der Waals surface area contributed by atoms with E-state index in [2.05, 4.69) is 0 Å². The SMILES string of the molecule is O=[N+]([O-])c1ccc(CC(O)c2ccc(Cl)o2)cc1. The normalized spacial score (nSPS) is 12.3. The summed E-state index contributed by atoms with van der Waals surface area (Å²) >= 11 is 5.61. The summed E-state index contributed by atoms with van der Waals surface area (Å²) in [7, 11) is 0. The van der Waals surface area contributed by atoms with Gasteiger partial charge in [-0.25, -0.2) is 0 Å². The number of halogens is 1. The molecule has 1 aromatic heterocycles. The molecule has 1 heterocycles. The van der Waals surface area contributed by atoms with Gasteiger partial charge in [0.25, 0.3) is 5.69 Å². The molecule has 6 heteroatoms. The average Bonchev–Trinajstić information content (AvgIpc) is 2.76. The lowest BCUT2D eigenvalue weighted by molar-refractivity contribution is -0.384. The Morgan fingerprint density at radius 1 is 1.28 bits per heavy atom. The van der Waals surface area contributed by atoms with E-state index in [1.54, 1.807) is 24.3 Å². The van der Waals surface area contributed by atoms with Crippen molar-refractivity contribution in [3.63, 3.8) is 0 Å². The molecular weight excluding hydrogens is 258 g/mol. The van der Waals surface area contributed by atoms with Gasteiger partial charge in [-0.05, 0) is 29.3 Å². The summed E-state index contributed by atoms with van der Waals surface area (Å²) in [5.41, 5.74) is 0.801. The minimum absolute atomic E-state index is 0.0225. The molecule has 0 aliphatic carbocycles. The monoisotopic (exact) mass is 267 g/mol. The lowest BCUT2D eigenvalue weighted by Crippen LogP contribution is -2.00. The first-order valence-corrected chi connectivity index (χ1v) is 5.60. The Bertz CT molecular complexity index is 549. The minimum atomic E-state index is -0.820. The van der Waals surface area contributed by atoms with E-state index < -0.39 is 11.0 Å². The van der Waals surface area contributed by atoms with E-state index in [0.717, 1.165) is 5.56 Å². The molecule has 2 aromatic rings. The fourth-order valence-corrected chi connectivity index (χ4v) is 1.74. The molecule has 0 aliphatic heterocycles. The van der Waals surface area contributed by atoms with Gasteiger partial charge >= 0.3 is 0 Å². The highest BCUT2D eigenvalue weighted by Crippen LogP contribution is 2.23. The Morgan fingerprint density at radius 2 is 1.94 bits per heavy atom. The third-order valence-electron chi connectivity index (χ3n) is 2.50. The maximum Gasteiger partial charge on any atom is 0.269 e. The van der Waals surface area contributed by atoms with Gasteiger partial charge in [0.1, 0.15) is 11.9 Å². The van der Waals surface area contributed by atoms with Crippen LogP contribution in [-0.4, -0.2) is 10.0 Å². The largest absolute Gasteiger partial charge is 0.447 e. The molecule has 0 radical (unpaired) electrons. The summed E-state index contributed by atoms with van der Waals surface area (Å²) in [6.07, 6.45) is -0.513. The Kier molecular flexibility index (Phi) is 3.64. The number of non-ortho nitro benzene ring substituents is 1. The van der Waals surface area contributed by atoms with E-state index in [-0.39, 0.29) is 10.9 Å². The second kappa shape index (κ2) is 5.20. The first kappa shape index (κ1) is 12.6. The molecule has 5 nitrogen and oxygen atoms in total. The summed E-state index contributed by atoms with van der Waals surface area (Å²) in [6, 6.07) is 9.15. The molecular formula is C12H10ClNO4. The van der Waals surface area contributed by atoms with Crippen molar-refractivity contribution in [2.24, 2.45) is 0 Å². The van der Waals surface area contributed by atoms with Crippen LogP contribution in [0.1, 0.15) is 17.4 Å². The number of aliphatic hydroxyl groups is 1. The molecule has 18 heavy (non-hydrogen) atoms. The smallest absolute Gasteiger partial charge is 0.269 e. The van der Waals surface area contributed by atoms with Crippen molar-refractivity contribution in [1.29, 1.82) is 0 Å². The number of rotatable bonds is 4. The van der Waals surface area contributed by atoms with Gasteiger partial charge in [-0.2, -0.15) is 0 Å². The van der Waals surface area contributed by atoms with Crippen molar-refractivity contribution in [3.05, 3.63) is 63.1 Å². The summed E-state index contributed by atoms with van der Waals surface area (Å²) in [6.45, 7) is 0. The van der Waals surface area contributed by atoms with E-state index in [1.165, 1.54) is 12.1 Å². The topological polar surface area (TPSA) is 76.5 Å². The van der Waals surface area contributed by atoms with Crippen LogP contribution in [0.25, 0.3) is 0 Å². The predicted molar refractivity (Wildman–Crippen MR) is 65.5 cm³/mol. The maximum atomic E-state index is 10.5. The number of hydrogen-bond donors (Lipinski definition) is 1. The van der Waals surface area contributed by atoms with E-state index >= 15 is 0 Å². The number of furan rings is 1. The molecule has 0 amide bonds. The minimum Gasteiger partial charge on any atom is -0.447 e. The van der Waals surface area contributed by atoms with Crippen molar-refractivity contribution in [1.82, 2.24) is 0 Å². The Labute approximate surface area is 108 Å². The van der Waals surface area contributed by atoms with Crippen molar-refractivity contribution < 1.29 is 14.4 Å². The molecule has 1 unspecified atom stereocenters. The molecule has 0 bridgehead atoms. The fraction of sp³-hybridized carbons (Fsp3) is 0.167. The first-order valence-electron chi connectivity index (χ1n) is 5.23. The molecule has 94 valence electrons. The van der Waals surface area contributed by atoms with Gasteiger partial charge < -0.3 is 9.52 Å². The zero-order valence-corrected chi connectivity index (χ0v) is 10.0. The maximum absolute atomic E-state index is 10.5. The first-order chi connectivity index (χ1) is 8.56. The molecule has 0 saturated carbocycles. The Balaban J connectivity index is 2.07. The lowest BCUT2D eigenvalue weighted by atomic mass is 10.1. The third kappa shape index (κ3) is 2.88. The number of nitro groups is 1. The summed E-state index contributed by atoms with van der Waals surface area (Å²) < 4.78 is 5.09. The lowest BCUT2D eigenvalue weighted by Gasteiger charge is -2.07. The number of nitrogens with zero attached hydrogens (tertiary/aromatic N) is 1. The van der Waals surface area contributed by atoms with E-state index in [1.807, 2.05) is 0 Å².